The van der Waals surface area contributed by atoms with Gasteiger partial charge in [-0.2, -0.15) is 13.2 Å². The van der Waals surface area contributed by atoms with Crippen LogP contribution in [0.1, 0.15) is 10.7 Å². The molecular weight excluding hydrogens is 361 g/mol. The molecule has 0 atom stereocenters. The molecule has 8 nitrogen and oxygen atoms in total. The molecule has 1 aliphatic heterocycles. The number of hydrogen-bond acceptors (Lipinski definition) is 5. The maximum atomic E-state index is 12.5. The topological polar surface area (TPSA) is 98.7 Å². The largest absolute Gasteiger partial charge is 0.434 e. The fourth-order valence-corrected chi connectivity index (χ4v) is 2.84. The van der Waals surface area contributed by atoms with Crippen LogP contribution in [0, 0.1) is 0 Å². The number of nitrogens with one attached hydrogen (secondary N) is 3. The molecule has 0 aromatic carbocycles. The van der Waals surface area contributed by atoms with Crippen molar-refractivity contribution in [1.29, 1.82) is 0 Å². The van der Waals surface area contributed by atoms with Crippen LogP contribution in [0.25, 0.3) is 0 Å². The van der Waals surface area contributed by atoms with Gasteiger partial charge >= 0.3 is 12.2 Å². The highest BCUT2D eigenvalue weighted by Gasteiger charge is 2.33. The zero-order valence-corrected chi connectivity index (χ0v) is 14.1. The molecule has 0 unspecified atom stereocenters. The fourth-order valence-electron chi connectivity index (χ4n) is 2.03. The van der Waals surface area contributed by atoms with Crippen LogP contribution in [-0.2, 0) is 17.4 Å². The number of imide groups is 1. The van der Waals surface area contributed by atoms with Crippen molar-refractivity contribution >= 4 is 29.2 Å². The Kier molecular flexibility index (Phi) is 6.17. The van der Waals surface area contributed by atoms with E-state index in [1.807, 2.05) is 0 Å². The standard InChI is InChI=1S/C13H17F3N6O2S/c1-17-11(19-4-5-22-10(23)6-20-12(22)24)18-3-2-9-21-8(7-25-9)13(14,15)16/h7H,2-6H2,1H3,(H,20,24)(H2,17,18,19). The van der Waals surface area contributed by atoms with Crippen molar-refractivity contribution in [3.63, 3.8) is 0 Å². The molecular formula is C13H17F3N6O2S. The predicted molar refractivity (Wildman–Crippen MR) is 85.3 cm³/mol. The van der Waals surface area contributed by atoms with E-state index >= 15 is 0 Å². The Labute approximate surface area is 145 Å². The number of aromatic nitrogens is 1. The minimum Gasteiger partial charge on any atom is -0.356 e. The number of urea groups is 1. The Morgan fingerprint density at radius 3 is 2.68 bits per heavy atom. The summed E-state index contributed by atoms with van der Waals surface area (Å²) in [6.45, 7) is 0.828. The van der Waals surface area contributed by atoms with E-state index in [-0.39, 0.29) is 19.0 Å². The van der Waals surface area contributed by atoms with Gasteiger partial charge in [0, 0.05) is 38.5 Å². The lowest BCUT2D eigenvalue weighted by Crippen LogP contribution is -2.43. The smallest absolute Gasteiger partial charge is 0.356 e. The van der Waals surface area contributed by atoms with Crippen molar-refractivity contribution in [3.05, 3.63) is 16.1 Å². The summed E-state index contributed by atoms with van der Waals surface area (Å²) in [7, 11) is 1.54. The molecule has 0 bridgehead atoms. The monoisotopic (exact) mass is 378 g/mol. The van der Waals surface area contributed by atoms with E-state index in [0.29, 0.717) is 30.5 Å². The van der Waals surface area contributed by atoms with Crippen molar-refractivity contribution in [2.75, 3.05) is 33.2 Å². The Morgan fingerprint density at radius 1 is 1.40 bits per heavy atom. The van der Waals surface area contributed by atoms with Gasteiger partial charge in [0.25, 0.3) is 0 Å². The number of guanidine groups is 1. The van der Waals surface area contributed by atoms with Gasteiger partial charge < -0.3 is 16.0 Å². The maximum absolute atomic E-state index is 12.5. The molecule has 1 saturated heterocycles. The molecule has 0 radical (unpaired) electrons. The molecule has 0 aliphatic carbocycles. The van der Waals surface area contributed by atoms with E-state index in [0.717, 1.165) is 21.6 Å². The van der Waals surface area contributed by atoms with Gasteiger partial charge in [-0.15, -0.1) is 11.3 Å². The van der Waals surface area contributed by atoms with Gasteiger partial charge in [0.05, 0.1) is 11.6 Å². The Balaban J connectivity index is 1.71. The lowest BCUT2D eigenvalue weighted by atomic mass is 10.4. The molecule has 1 aromatic rings. The van der Waals surface area contributed by atoms with Crippen LogP contribution in [0.3, 0.4) is 0 Å². The lowest BCUT2D eigenvalue weighted by Gasteiger charge is -2.15. The van der Waals surface area contributed by atoms with Crippen LogP contribution in [0.5, 0.6) is 0 Å². The second-order valence-electron chi connectivity index (χ2n) is 5.00. The van der Waals surface area contributed by atoms with Gasteiger partial charge in [-0.25, -0.2) is 9.78 Å². The van der Waals surface area contributed by atoms with Crippen LogP contribution in [0.4, 0.5) is 18.0 Å². The number of carbonyl (C=O) groups excluding carboxylic acids is 2. The van der Waals surface area contributed by atoms with E-state index in [4.69, 9.17) is 0 Å². The van der Waals surface area contributed by atoms with E-state index in [9.17, 15) is 22.8 Å². The van der Waals surface area contributed by atoms with Gasteiger partial charge in [0.2, 0.25) is 5.91 Å². The number of carbonyl (C=O) groups is 2. The molecule has 138 valence electrons. The molecule has 2 rings (SSSR count). The van der Waals surface area contributed by atoms with Crippen LogP contribution >= 0.6 is 11.3 Å². The molecule has 1 fully saturated rings. The molecule has 0 spiro atoms. The summed E-state index contributed by atoms with van der Waals surface area (Å²) >= 11 is 0.951. The van der Waals surface area contributed by atoms with E-state index < -0.39 is 17.9 Å². The molecule has 3 amide bonds. The van der Waals surface area contributed by atoms with Crippen molar-refractivity contribution in [3.8, 4) is 0 Å². The Morgan fingerprint density at radius 2 is 2.12 bits per heavy atom. The third-order valence-electron chi connectivity index (χ3n) is 3.26. The van der Waals surface area contributed by atoms with Crippen LogP contribution in [0.15, 0.2) is 10.4 Å². The molecule has 25 heavy (non-hydrogen) atoms. The molecule has 2 heterocycles. The number of hydrogen-bond donors (Lipinski definition) is 3. The quantitative estimate of drug-likeness (QED) is 0.379. The Bertz CT molecular complexity index is 644. The molecule has 1 aromatic heterocycles. The van der Waals surface area contributed by atoms with E-state index in [1.165, 1.54) is 7.05 Å². The van der Waals surface area contributed by atoms with Gasteiger partial charge in [-0.05, 0) is 0 Å². The minimum atomic E-state index is -4.43. The second kappa shape index (κ2) is 8.14. The number of amides is 3. The normalized spacial score (nSPS) is 15.5. The van der Waals surface area contributed by atoms with E-state index in [2.05, 4.69) is 25.9 Å². The first-order chi connectivity index (χ1) is 11.8. The number of alkyl halides is 3. The second-order valence-corrected chi connectivity index (χ2v) is 5.95. The molecule has 0 saturated carbocycles. The van der Waals surface area contributed by atoms with Crippen LogP contribution < -0.4 is 16.0 Å². The van der Waals surface area contributed by atoms with Gasteiger partial charge in [-0.3, -0.25) is 14.7 Å². The summed E-state index contributed by atoms with van der Waals surface area (Å²) in [5.74, 6) is 0.124. The number of aliphatic imine (C=N–C) groups is 1. The summed E-state index contributed by atoms with van der Waals surface area (Å²) in [5.41, 5.74) is -0.886. The summed E-state index contributed by atoms with van der Waals surface area (Å²) in [6.07, 6.45) is -4.12. The molecule has 1 aliphatic rings. The first-order valence-corrected chi connectivity index (χ1v) is 8.23. The molecule has 12 heteroatoms. The Hall–Kier alpha value is -2.37. The molecule has 3 N–H and O–H groups in total. The van der Waals surface area contributed by atoms with Crippen molar-refractivity contribution in [1.82, 2.24) is 25.8 Å². The van der Waals surface area contributed by atoms with Crippen molar-refractivity contribution < 1.29 is 22.8 Å². The number of rotatable bonds is 6. The highest BCUT2D eigenvalue weighted by molar-refractivity contribution is 7.09. The highest BCUT2D eigenvalue weighted by Crippen LogP contribution is 2.29. The number of thiazole rings is 1. The van der Waals surface area contributed by atoms with Gasteiger partial charge in [0.1, 0.15) is 0 Å². The van der Waals surface area contributed by atoms with Crippen LogP contribution in [-0.4, -0.2) is 61.0 Å². The number of nitrogens with zero attached hydrogens (tertiary/aromatic N) is 3. The first kappa shape index (κ1) is 19.0. The average molecular weight is 378 g/mol. The summed E-state index contributed by atoms with van der Waals surface area (Å²) < 4.78 is 37.4. The average Bonchev–Trinajstić information content (AvgIpc) is 3.14. The minimum absolute atomic E-state index is 0.000461. The van der Waals surface area contributed by atoms with Gasteiger partial charge in [0.15, 0.2) is 11.7 Å². The summed E-state index contributed by atoms with van der Waals surface area (Å²) in [5, 5.41) is 9.63. The predicted octanol–water partition coefficient (Wildman–Crippen LogP) is 0.421. The third kappa shape index (κ3) is 5.31. The summed E-state index contributed by atoms with van der Waals surface area (Å²) in [6, 6.07) is -0.431. The lowest BCUT2D eigenvalue weighted by molar-refractivity contribution is -0.140. The van der Waals surface area contributed by atoms with Crippen molar-refractivity contribution in [2.24, 2.45) is 4.99 Å². The fraction of sp³-hybridized carbons (Fsp3) is 0.538. The number of halogens is 3. The highest BCUT2D eigenvalue weighted by atomic mass is 32.1. The van der Waals surface area contributed by atoms with Crippen LogP contribution in [0.2, 0.25) is 0 Å². The SMILES string of the molecule is CN=C(NCCc1nc(C(F)(F)F)cs1)NCCN1C(=O)CNC1=O. The summed E-state index contributed by atoms with van der Waals surface area (Å²) in [4.78, 5) is 31.4. The third-order valence-corrected chi connectivity index (χ3v) is 4.17. The maximum Gasteiger partial charge on any atom is 0.434 e. The first-order valence-electron chi connectivity index (χ1n) is 7.35. The van der Waals surface area contributed by atoms with Gasteiger partial charge in [-0.1, -0.05) is 0 Å². The van der Waals surface area contributed by atoms with Crippen molar-refractivity contribution in [2.45, 2.75) is 12.6 Å². The zero-order valence-electron chi connectivity index (χ0n) is 13.3. The zero-order chi connectivity index (χ0) is 18.4. The van der Waals surface area contributed by atoms with E-state index in [1.54, 1.807) is 0 Å².